The van der Waals surface area contributed by atoms with Crippen molar-refractivity contribution in [1.82, 2.24) is 9.38 Å². The number of aromatic nitrogens is 2. The fourth-order valence-electron chi connectivity index (χ4n) is 1.92. The second kappa shape index (κ2) is 7.31. The van der Waals surface area contributed by atoms with Crippen molar-refractivity contribution in [2.75, 3.05) is 6.54 Å². The predicted molar refractivity (Wildman–Crippen MR) is 85.9 cm³/mol. The number of allylic oxidation sites excluding steroid dienone is 1. The van der Waals surface area contributed by atoms with Crippen molar-refractivity contribution in [3.8, 4) is 0 Å². The zero-order chi connectivity index (χ0) is 21.5. The van der Waals surface area contributed by atoms with Crippen LogP contribution in [0.5, 0.6) is 0 Å². The highest BCUT2D eigenvalue weighted by Gasteiger charge is 2.57. The van der Waals surface area contributed by atoms with Crippen LogP contribution in [0.1, 0.15) is 11.3 Å². The molecular formula is C13H7ClF8N4OS. The Morgan fingerprint density at radius 1 is 1.25 bits per heavy atom. The van der Waals surface area contributed by atoms with Crippen molar-refractivity contribution in [2.45, 2.75) is 18.3 Å². The second-order valence-electron chi connectivity index (χ2n) is 5.12. The van der Waals surface area contributed by atoms with E-state index in [1.165, 1.54) is 0 Å². The molecule has 0 atom stereocenters. The summed E-state index contributed by atoms with van der Waals surface area (Å²) in [6, 6.07) is 0. The topological polar surface area (TPSA) is 72.8 Å². The van der Waals surface area contributed by atoms with Gasteiger partial charge in [-0.3, -0.25) is 14.2 Å². The third-order valence-corrected chi connectivity index (χ3v) is 4.27. The number of hydrogen-bond donors (Lipinski definition) is 1. The Kier molecular flexibility index (Phi) is 5.76. The van der Waals surface area contributed by atoms with Gasteiger partial charge in [-0.15, -0.1) is 0 Å². The Morgan fingerprint density at radius 2 is 1.86 bits per heavy atom. The molecule has 15 heteroatoms. The summed E-state index contributed by atoms with van der Waals surface area (Å²) in [6.07, 6.45) is -9.50. The summed E-state index contributed by atoms with van der Waals surface area (Å²) in [5.74, 6) is -5.23. The van der Waals surface area contributed by atoms with Crippen LogP contribution in [0.25, 0.3) is 10.5 Å². The van der Waals surface area contributed by atoms with E-state index < -0.39 is 52.2 Å². The van der Waals surface area contributed by atoms with Crippen molar-refractivity contribution in [2.24, 2.45) is 10.7 Å². The monoisotopic (exact) mass is 454 g/mol. The lowest BCUT2D eigenvalue weighted by atomic mass is 10.1. The second-order valence-corrected chi connectivity index (χ2v) is 6.76. The first-order valence-corrected chi connectivity index (χ1v) is 8.04. The van der Waals surface area contributed by atoms with E-state index in [0.29, 0.717) is 21.9 Å². The fourth-order valence-corrected chi connectivity index (χ4v) is 2.93. The van der Waals surface area contributed by atoms with Crippen molar-refractivity contribution >= 4 is 39.7 Å². The summed E-state index contributed by atoms with van der Waals surface area (Å²) >= 11 is 6.20. The standard InChI is InChI=1S/C13H7ClF8N4OS/c14-6-3-26-9(27)7(8(12(17,18)19)25-10(26)28-6)5(1-23)2-24-4-11(15,16)13(20,21)22/h1-3H,4,23H2/b5-1+,24-2?. The molecule has 2 N–H and O–H groups in total. The third kappa shape index (κ3) is 4.27. The van der Waals surface area contributed by atoms with Gasteiger partial charge in [0, 0.05) is 24.2 Å². The lowest BCUT2D eigenvalue weighted by molar-refractivity contribution is -0.276. The van der Waals surface area contributed by atoms with Crippen molar-refractivity contribution in [3.05, 3.63) is 38.3 Å². The van der Waals surface area contributed by atoms with Crippen LogP contribution >= 0.6 is 22.9 Å². The van der Waals surface area contributed by atoms with E-state index in [2.05, 4.69) is 9.98 Å². The third-order valence-electron chi connectivity index (χ3n) is 3.17. The highest BCUT2D eigenvalue weighted by Crippen LogP contribution is 2.36. The molecule has 0 radical (unpaired) electrons. The molecule has 0 saturated carbocycles. The van der Waals surface area contributed by atoms with E-state index in [1.54, 1.807) is 0 Å². The summed E-state index contributed by atoms with van der Waals surface area (Å²) in [6.45, 7) is -2.11. The van der Waals surface area contributed by atoms with Crippen LogP contribution in [0.15, 0.2) is 22.2 Å². The molecule has 2 heterocycles. The molecule has 0 aromatic carbocycles. The maximum atomic E-state index is 13.3. The largest absolute Gasteiger partial charge is 0.455 e. The van der Waals surface area contributed by atoms with Crippen LogP contribution in [0.3, 0.4) is 0 Å². The number of nitrogens with zero attached hydrogens (tertiary/aromatic N) is 3. The van der Waals surface area contributed by atoms with Crippen LogP contribution in [0.2, 0.25) is 4.34 Å². The summed E-state index contributed by atoms with van der Waals surface area (Å²) in [5, 5.41) is 0. The van der Waals surface area contributed by atoms with E-state index in [1.807, 2.05) is 0 Å². The van der Waals surface area contributed by atoms with Gasteiger partial charge in [0.1, 0.15) is 10.9 Å². The van der Waals surface area contributed by atoms with Crippen molar-refractivity contribution in [1.29, 1.82) is 0 Å². The molecule has 0 aliphatic rings. The minimum absolute atomic E-state index is 0.0772. The van der Waals surface area contributed by atoms with Gasteiger partial charge in [0.2, 0.25) is 0 Å². The molecule has 0 amide bonds. The molecule has 0 aliphatic carbocycles. The first-order valence-electron chi connectivity index (χ1n) is 6.84. The SMILES string of the molecule is N/C=C(\C=NCC(F)(F)C(F)(F)F)c1c(C(F)(F)F)nc2sc(Cl)cn2c1=O. The van der Waals surface area contributed by atoms with Gasteiger partial charge in [-0.25, -0.2) is 4.98 Å². The normalized spacial score (nSPS) is 14.4. The van der Waals surface area contributed by atoms with Gasteiger partial charge in [0.05, 0.1) is 5.56 Å². The fraction of sp³-hybridized carbons (Fsp3) is 0.308. The minimum atomic E-state index is -5.92. The lowest BCUT2D eigenvalue weighted by Crippen LogP contribution is -2.39. The summed E-state index contributed by atoms with van der Waals surface area (Å²) < 4.78 is 103. The maximum Gasteiger partial charge on any atom is 0.455 e. The number of rotatable bonds is 4. The highest BCUT2D eigenvalue weighted by atomic mass is 35.5. The molecule has 0 bridgehead atoms. The first-order chi connectivity index (χ1) is 12.7. The average molecular weight is 455 g/mol. The number of halogens is 9. The van der Waals surface area contributed by atoms with Gasteiger partial charge in [-0.05, 0) is 0 Å². The number of nitrogens with two attached hydrogens (primary N) is 1. The van der Waals surface area contributed by atoms with E-state index in [4.69, 9.17) is 17.3 Å². The lowest BCUT2D eigenvalue weighted by Gasteiger charge is -2.17. The Hall–Kier alpha value is -2.22. The van der Waals surface area contributed by atoms with E-state index in [0.717, 1.165) is 6.20 Å². The van der Waals surface area contributed by atoms with Crippen LogP contribution in [0.4, 0.5) is 35.1 Å². The molecule has 0 fully saturated rings. The molecule has 28 heavy (non-hydrogen) atoms. The van der Waals surface area contributed by atoms with Crippen LogP contribution in [-0.2, 0) is 6.18 Å². The Morgan fingerprint density at radius 3 is 2.36 bits per heavy atom. The predicted octanol–water partition coefficient (Wildman–Crippen LogP) is 4.00. The number of hydrogen-bond acceptors (Lipinski definition) is 5. The molecular weight excluding hydrogens is 448 g/mol. The number of alkyl halides is 8. The smallest absolute Gasteiger partial charge is 0.404 e. The van der Waals surface area contributed by atoms with E-state index in [-0.39, 0.29) is 10.6 Å². The van der Waals surface area contributed by atoms with Crippen molar-refractivity contribution in [3.63, 3.8) is 0 Å². The Labute approximate surface area is 158 Å². The van der Waals surface area contributed by atoms with Crippen LogP contribution in [-0.4, -0.2) is 34.2 Å². The molecule has 0 saturated heterocycles. The van der Waals surface area contributed by atoms with Gasteiger partial charge < -0.3 is 5.73 Å². The first kappa shape index (κ1) is 22.1. The van der Waals surface area contributed by atoms with Gasteiger partial charge in [0.25, 0.3) is 5.56 Å². The highest BCUT2D eigenvalue weighted by molar-refractivity contribution is 7.20. The molecule has 0 aliphatic heterocycles. The Bertz CT molecular complexity index is 1000. The summed E-state index contributed by atoms with van der Waals surface area (Å²) in [7, 11) is 0. The molecule has 2 aromatic rings. The Balaban J connectivity index is 2.59. The van der Waals surface area contributed by atoms with Crippen LogP contribution in [0, 0.1) is 0 Å². The number of fused-ring (bicyclic) bond motifs is 1. The zero-order valence-corrected chi connectivity index (χ0v) is 14.6. The van der Waals surface area contributed by atoms with Gasteiger partial charge in [-0.2, -0.15) is 35.1 Å². The maximum absolute atomic E-state index is 13.3. The zero-order valence-electron chi connectivity index (χ0n) is 13.1. The molecule has 2 rings (SSSR count). The van der Waals surface area contributed by atoms with Crippen LogP contribution < -0.4 is 11.3 Å². The van der Waals surface area contributed by atoms with E-state index in [9.17, 15) is 39.9 Å². The van der Waals surface area contributed by atoms with E-state index >= 15 is 0 Å². The molecule has 0 spiro atoms. The molecule has 0 unspecified atom stereocenters. The van der Waals surface area contributed by atoms with Crippen molar-refractivity contribution < 1.29 is 35.1 Å². The van der Waals surface area contributed by atoms with Gasteiger partial charge in [0.15, 0.2) is 10.7 Å². The number of thiazole rings is 1. The average Bonchev–Trinajstić information content (AvgIpc) is 2.91. The molecule has 2 aromatic heterocycles. The quantitative estimate of drug-likeness (QED) is 0.561. The summed E-state index contributed by atoms with van der Waals surface area (Å²) in [5.41, 5.74) is 0.0795. The van der Waals surface area contributed by atoms with Gasteiger partial charge in [-0.1, -0.05) is 22.9 Å². The van der Waals surface area contributed by atoms with Gasteiger partial charge >= 0.3 is 18.3 Å². The molecule has 5 nitrogen and oxygen atoms in total. The number of aliphatic imine (C=N–C) groups is 1. The summed E-state index contributed by atoms with van der Waals surface area (Å²) in [4.78, 5) is 18.1. The minimum Gasteiger partial charge on any atom is -0.404 e. The molecule has 154 valence electrons.